The molecule has 0 radical (unpaired) electrons. The Kier molecular flexibility index (Phi) is 3550. The molecule has 0 aliphatic heterocycles. The Balaban J connectivity index is 0. The van der Waals surface area contributed by atoms with Crippen molar-refractivity contribution in [3.8, 4) is 0 Å². The summed E-state index contributed by atoms with van der Waals surface area (Å²) in [7, 11) is 0. The number of hydrogen-bond donors (Lipinski definition) is 0. The molecular weight excluding hydrogens is 359 g/mol. The van der Waals surface area contributed by atoms with Crippen LogP contribution in [0.15, 0.2) is 0 Å². The Bertz CT molecular complexity index is 12.4. The van der Waals surface area contributed by atoms with Gasteiger partial charge in [-0.1, -0.05) is 0 Å². The summed E-state index contributed by atoms with van der Waals surface area (Å²) in [5, 5.41) is 0. The predicted molar refractivity (Wildman–Crippen MR) is 3.43 cm³/mol. The molecule has 5 nitrogen and oxygen atoms in total. The van der Waals surface area contributed by atoms with Crippen molar-refractivity contribution in [1.82, 2.24) is 0 Å². The Morgan fingerprint density at radius 3 is 0.500 bits per heavy atom. The molecule has 0 aliphatic carbocycles. The molecule has 0 aromatic rings. The summed E-state index contributed by atoms with van der Waals surface area (Å²) in [5.74, 6) is 0. The van der Waals surface area contributed by atoms with Gasteiger partial charge < -0.3 is 27.4 Å². The second kappa shape index (κ2) is 142. The van der Waals surface area contributed by atoms with Gasteiger partial charge in [0, 0.05) is 0 Å². The molecule has 0 amide bonds. The quantitative estimate of drug-likeness (QED) is 0.394. The molecule has 0 saturated carbocycles. The monoisotopic (exact) mass is 358 g/mol. The summed E-state index contributed by atoms with van der Waals surface area (Å²) in [4.78, 5) is 0. The van der Waals surface area contributed by atoms with Gasteiger partial charge in [-0.25, -0.2) is 0 Å². The predicted octanol–water partition coefficient (Wildman–Crippen LogP) is -3.59. The fraction of sp³-hybridized carbons (Fsp3) is 0. The van der Waals surface area contributed by atoms with Crippen molar-refractivity contribution < 1.29 is 94.8 Å². The van der Waals surface area contributed by atoms with E-state index in [1.54, 1.807) is 0 Å². The Hall–Kier alpha value is 2.02. The summed E-state index contributed by atoms with van der Waals surface area (Å²) >= 11 is 0. The van der Waals surface area contributed by atoms with E-state index in [-0.39, 0.29) is 94.8 Å². The Morgan fingerprint density at radius 1 is 0.500 bits per heavy atom. The summed E-state index contributed by atoms with van der Waals surface area (Å²) in [6.07, 6.45) is 0. The van der Waals surface area contributed by atoms with Crippen LogP contribution in [0, 0.1) is 0 Å². The first kappa shape index (κ1) is 200. The van der Waals surface area contributed by atoms with Crippen LogP contribution >= 0.6 is 0 Å². The molecule has 8 heteroatoms. The van der Waals surface area contributed by atoms with E-state index in [4.69, 9.17) is 0 Å². The van der Waals surface area contributed by atoms with Crippen molar-refractivity contribution in [2.24, 2.45) is 0 Å². The van der Waals surface area contributed by atoms with Crippen LogP contribution in [0.5, 0.6) is 0 Å². The molecule has 0 unspecified atom stereocenters. The summed E-state index contributed by atoms with van der Waals surface area (Å²) in [6.45, 7) is 0. The van der Waals surface area contributed by atoms with Gasteiger partial charge in [0.25, 0.3) is 0 Å². The van der Waals surface area contributed by atoms with Gasteiger partial charge in [-0.15, -0.1) is 0 Å². The van der Waals surface area contributed by atoms with E-state index in [0.717, 1.165) is 0 Å². The zero-order valence-electron chi connectivity index (χ0n) is 3.99. The summed E-state index contributed by atoms with van der Waals surface area (Å²) < 4.78 is 0. The summed E-state index contributed by atoms with van der Waals surface area (Å²) in [6, 6.07) is 0. The fourth-order valence-electron chi connectivity index (χ4n) is 0. The normalized spacial score (nSPS) is 0. The summed E-state index contributed by atoms with van der Waals surface area (Å²) in [5.41, 5.74) is 0. The molecule has 40 valence electrons. The van der Waals surface area contributed by atoms with Crippen LogP contribution in [-0.2, 0) is 76.0 Å². The molecule has 0 N–H and O–H groups in total. The topological polar surface area (TPSA) is 142 Å². The third kappa shape index (κ3) is 96.8. The Morgan fingerprint density at radius 2 is 0.500 bits per heavy atom. The van der Waals surface area contributed by atoms with E-state index in [0.29, 0.717) is 0 Å². The molecule has 0 aromatic carbocycles. The molecule has 0 bridgehead atoms. The van der Waals surface area contributed by atoms with Crippen molar-refractivity contribution in [3.05, 3.63) is 0 Å². The first-order chi connectivity index (χ1) is 0. The second-order valence-corrected chi connectivity index (χ2v) is 0. The van der Waals surface area contributed by atoms with Crippen LogP contribution in [0.1, 0.15) is 0 Å². The number of hydrogen-bond acceptors (Lipinski definition) is 0. The molecule has 0 heterocycles. The number of rotatable bonds is 0. The van der Waals surface area contributed by atoms with Gasteiger partial charge in [0.05, 0.1) is 0 Å². The Labute approximate surface area is 94.0 Å². The standard InChI is InChI=1S/Li.5O.Ta.Zr/q+1;5*-2;+5;+4. The fourth-order valence-corrected chi connectivity index (χ4v) is 0. The van der Waals surface area contributed by atoms with Gasteiger partial charge >= 0.3 is 67.4 Å². The minimum absolute atomic E-state index is 0. The van der Waals surface area contributed by atoms with Gasteiger partial charge in [-0.3, -0.25) is 0 Å². The first-order valence-corrected chi connectivity index (χ1v) is 0. The average Bonchev–Trinajstić information content (AvgIpc) is 0. The van der Waals surface area contributed by atoms with Crippen molar-refractivity contribution in [2.75, 3.05) is 0 Å². The smallest absolute Gasteiger partial charge is 2.00 e. The molecule has 0 saturated heterocycles. The van der Waals surface area contributed by atoms with E-state index in [9.17, 15) is 0 Å². The van der Waals surface area contributed by atoms with Gasteiger partial charge in [-0.2, -0.15) is 0 Å². The van der Waals surface area contributed by atoms with Crippen LogP contribution in [-0.4, -0.2) is 0 Å². The molecule has 0 aliphatic rings. The van der Waals surface area contributed by atoms with Gasteiger partial charge in [0.15, 0.2) is 0 Å². The van der Waals surface area contributed by atoms with E-state index in [1.807, 2.05) is 0 Å². The van der Waals surface area contributed by atoms with E-state index < -0.39 is 0 Å². The van der Waals surface area contributed by atoms with Gasteiger partial charge in [0.2, 0.25) is 0 Å². The second-order valence-electron chi connectivity index (χ2n) is 0. The van der Waals surface area contributed by atoms with Gasteiger partial charge in [-0.05, 0) is 0 Å². The largest absolute Gasteiger partial charge is 5.00 e. The zero-order valence-corrected chi connectivity index (χ0v) is 9.66. The van der Waals surface area contributed by atoms with Crippen LogP contribution in [0.4, 0.5) is 0 Å². The minimum Gasteiger partial charge on any atom is -2.00 e. The van der Waals surface area contributed by atoms with Crippen LogP contribution < -0.4 is 18.9 Å². The maximum atomic E-state index is 0. The molecule has 0 aromatic heterocycles. The van der Waals surface area contributed by atoms with E-state index in [2.05, 4.69) is 0 Å². The van der Waals surface area contributed by atoms with Crippen molar-refractivity contribution >= 4 is 0 Å². The van der Waals surface area contributed by atoms with Crippen molar-refractivity contribution in [2.45, 2.75) is 0 Å². The van der Waals surface area contributed by atoms with Crippen molar-refractivity contribution in [1.29, 1.82) is 0 Å². The first-order valence-electron chi connectivity index (χ1n) is 0. The SMILES string of the molecule is [Li+].[O-2].[O-2].[O-2].[O-2].[O-2].[Ta+5].[Zr+4]. The van der Waals surface area contributed by atoms with Crippen LogP contribution in [0.2, 0.25) is 0 Å². The molecular formula is LiO5TaZr. The van der Waals surface area contributed by atoms with Gasteiger partial charge in [0.1, 0.15) is 0 Å². The average molecular weight is 359 g/mol. The third-order valence-corrected chi connectivity index (χ3v) is 0. The minimum atomic E-state index is 0. The van der Waals surface area contributed by atoms with Crippen LogP contribution in [0.3, 0.4) is 0 Å². The third-order valence-electron chi connectivity index (χ3n) is 0. The molecule has 0 rings (SSSR count). The van der Waals surface area contributed by atoms with E-state index in [1.165, 1.54) is 0 Å². The van der Waals surface area contributed by atoms with Crippen molar-refractivity contribution in [3.63, 3.8) is 0 Å². The van der Waals surface area contributed by atoms with Crippen LogP contribution in [0.25, 0.3) is 0 Å². The van der Waals surface area contributed by atoms with E-state index >= 15 is 0 Å². The maximum absolute atomic E-state index is 0. The molecule has 0 fully saturated rings. The molecule has 0 atom stereocenters. The maximum Gasteiger partial charge on any atom is 5.00 e. The molecule has 0 spiro atoms. The molecule has 8 heavy (non-hydrogen) atoms. The zero-order chi connectivity index (χ0) is 0.